The summed E-state index contributed by atoms with van der Waals surface area (Å²) in [6.45, 7) is 1.94. The highest BCUT2D eigenvalue weighted by atomic mass is 19.1. The van der Waals surface area contributed by atoms with E-state index >= 15 is 0 Å². The molecule has 2 unspecified atom stereocenters. The number of aliphatic hydroxyl groups excluding tert-OH is 1. The molecule has 23 heavy (non-hydrogen) atoms. The Balaban J connectivity index is 1.97. The molecule has 0 spiro atoms. The van der Waals surface area contributed by atoms with Crippen molar-refractivity contribution in [2.75, 3.05) is 6.61 Å². The molecule has 5 nitrogen and oxygen atoms in total. The molecule has 0 bridgehead atoms. The molecular formula is C17H19FN2O3. The number of benzene rings is 1. The van der Waals surface area contributed by atoms with E-state index in [4.69, 9.17) is 0 Å². The number of halogens is 1. The van der Waals surface area contributed by atoms with Crippen molar-refractivity contribution < 1.29 is 14.3 Å². The van der Waals surface area contributed by atoms with Crippen molar-refractivity contribution in [3.63, 3.8) is 0 Å². The van der Waals surface area contributed by atoms with Crippen LogP contribution in [-0.2, 0) is 0 Å². The topological polar surface area (TPSA) is 82.2 Å². The van der Waals surface area contributed by atoms with E-state index in [1.165, 1.54) is 24.3 Å². The minimum Gasteiger partial charge on any atom is -0.396 e. The maximum Gasteiger partial charge on any atom is 0.252 e. The van der Waals surface area contributed by atoms with E-state index in [9.17, 15) is 19.1 Å². The molecule has 1 fully saturated rings. The fraction of sp³-hybridized carbons (Fsp3) is 0.412. The minimum absolute atomic E-state index is 0.000716. The van der Waals surface area contributed by atoms with E-state index < -0.39 is 11.4 Å². The van der Waals surface area contributed by atoms with E-state index in [2.05, 4.69) is 10.3 Å². The molecule has 6 heteroatoms. The third-order valence-corrected chi connectivity index (χ3v) is 4.80. The van der Waals surface area contributed by atoms with Crippen molar-refractivity contribution in [2.24, 2.45) is 5.41 Å². The third kappa shape index (κ3) is 2.86. The molecule has 1 aromatic carbocycles. The van der Waals surface area contributed by atoms with Crippen LogP contribution in [-0.4, -0.2) is 28.6 Å². The molecule has 1 aliphatic carbocycles. The normalized spacial score (nSPS) is 24.0. The quantitative estimate of drug-likeness (QED) is 0.809. The Morgan fingerprint density at radius 2 is 2.26 bits per heavy atom. The van der Waals surface area contributed by atoms with E-state index in [0.29, 0.717) is 10.9 Å². The highest BCUT2D eigenvalue weighted by molar-refractivity contribution is 6.06. The van der Waals surface area contributed by atoms with Gasteiger partial charge in [0, 0.05) is 22.9 Å². The van der Waals surface area contributed by atoms with Gasteiger partial charge in [-0.3, -0.25) is 9.59 Å². The number of H-pyrrole nitrogens is 1. The highest BCUT2D eigenvalue weighted by Crippen LogP contribution is 2.37. The predicted octanol–water partition coefficient (Wildman–Crippen LogP) is 1.95. The molecule has 122 valence electrons. The van der Waals surface area contributed by atoms with Gasteiger partial charge in [-0.2, -0.15) is 0 Å². The summed E-state index contributed by atoms with van der Waals surface area (Å²) >= 11 is 0. The Morgan fingerprint density at radius 1 is 1.48 bits per heavy atom. The minimum atomic E-state index is -0.477. The molecule has 1 aromatic heterocycles. The van der Waals surface area contributed by atoms with Gasteiger partial charge in [-0.25, -0.2) is 4.39 Å². The third-order valence-electron chi connectivity index (χ3n) is 4.80. The monoisotopic (exact) mass is 318 g/mol. The van der Waals surface area contributed by atoms with Crippen LogP contribution < -0.4 is 10.9 Å². The summed E-state index contributed by atoms with van der Waals surface area (Å²) in [5, 5.41) is 13.0. The van der Waals surface area contributed by atoms with Crippen LogP contribution in [0, 0.1) is 11.2 Å². The lowest BCUT2D eigenvalue weighted by molar-refractivity contribution is 0.0832. The molecule has 1 aliphatic rings. The van der Waals surface area contributed by atoms with Crippen LogP contribution in [0.3, 0.4) is 0 Å². The lowest BCUT2D eigenvalue weighted by atomic mass is 9.85. The summed E-state index contributed by atoms with van der Waals surface area (Å²) in [5.41, 5.74) is -0.293. The number of aliphatic hydroxyl groups is 1. The number of aromatic nitrogens is 1. The first-order chi connectivity index (χ1) is 10.9. The Kier molecular flexibility index (Phi) is 3.93. The van der Waals surface area contributed by atoms with Crippen LogP contribution in [0.2, 0.25) is 0 Å². The zero-order chi connectivity index (χ0) is 16.6. The average Bonchev–Trinajstić information content (AvgIpc) is 2.87. The predicted molar refractivity (Wildman–Crippen MR) is 84.8 cm³/mol. The van der Waals surface area contributed by atoms with Crippen LogP contribution in [0.25, 0.3) is 10.9 Å². The van der Waals surface area contributed by atoms with Crippen LogP contribution in [0.1, 0.15) is 36.5 Å². The maximum absolute atomic E-state index is 13.3. The summed E-state index contributed by atoms with van der Waals surface area (Å²) < 4.78 is 13.3. The van der Waals surface area contributed by atoms with Crippen molar-refractivity contribution in [2.45, 2.75) is 32.2 Å². The van der Waals surface area contributed by atoms with Gasteiger partial charge in [-0.1, -0.05) is 13.3 Å². The van der Waals surface area contributed by atoms with E-state index in [0.717, 1.165) is 19.3 Å². The molecule has 3 rings (SSSR count). The second kappa shape index (κ2) is 5.77. The lowest BCUT2D eigenvalue weighted by Crippen LogP contribution is -2.45. The number of nitrogens with one attached hydrogen (secondary N) is 2. The fourth-order valence-corrected chi connectivity index (χ4v) is 3.32. The van der Waals surface area contributed by atoms with Crippen molar-refractivity contribution in [1.82, 2.24) is 10.3 Å². The van der Waals surface area contributed by atoms with Gasteiger partial charge in [0.2, 0.25) is 5.56 Å². The van der Waals surface area contributed by atoms with Crippen molar-refractivity contribution in [3.8, 4) is 0 Å². The highest BCUT2D eigenvalue weighted by Gasteiger charge is 2.39. The largest absolute Gasteiger partial charge is 0.396 e. The number of carbonyl (C=O) groups is 1. The molecule has 1 saturated carbocycles. The number of hydrogen-bond acceptors (Lipinski definition) is 3. The number of carbonyl (C=O) groups excluding carboxylic acids is 1. The Bertz CT molecular complexity index is 817. The van der Waals surface area contributed by atoms with Gasteiger partial charge in [-0.15, -0.1) is 0 Å². The number of hydrogen-bond donors (Lipinski definition) is 3. The standard InChI is InChI=1S/C17H19FN2O3/c1-17(9-21)6-2-3-14(17)20-16(23)12-8-15(22)19-13-7-10(18)4-5-11(12)13/h4-5,7-8,14,21H,2-3,6,9H2,1H3,(H,19,22)(H,20,23). The molecule has 0 radical (unpaired) electrons. The van der Waals surface area contributed by atoms with Crippen LogP contribution in [0.5, 0.6) is 0 Å². The first kappa shape index (κ1) is 15.7. The van der Waals surface area contributed by atoms with Gasteiger partial charge in [0.25, 0.3) is 5.91 Å². The van der Waals surface area contributed by atoms with E-state index in [-0.39, 0.29) is 29.5 Å². The van der Waals surface area contributed by atoms with Gasteiger partial charge in [-0.05, 0) is 31.0 Å². The summed E-state index contributed by atoms with van der Waals surface area (Å²) in [7, 11) is 0. The molecule has 0 saturated heterocycles. The Labute approximate surface area is 132 Å². The van der Waals surface area contributed by atoms with Gasteiger partial charge >= 0.3 is 0 Å². The molecular weight excluding hydrogens is 299 g/mol. The van der Waals surface area contributed by atoms with Gasteiger partial charge < -0.3 is 15.4 Å². The van der Waals surface area contributed by atoms with Gasteiger partial charge in [0.15, 0.2) is 0 Å². The van der Waals surface area contributed by atoms with Crippen molar-refractivity contribution in [1.29, 1.82) is 0 Å². The van der Waals surface area contributed by atoms with E-state index in [1.54, 1.807) is 0 Å². The second-order valence-corrected chi connectivity index (χ2v) is 6.47. The van der Waals surface area contributed by atoms with Crippen molar-refractivity contribution >= 4 is 16.8 Å². The first-order valence-corrected chi connectivity index (χ1v) is 7.67. The van der Waals surface area contributed by atoms with Gasteiger partial charge in [0.1, 0.15) is 5.82 Å². The Hall–Kier alpha value is -2.21. The Morgan fingerprint density at radius 3 is 3.00 bits per heavy atom. The molecule has 3 N–H and O–H groups in total. The number of pyridine rings is 1. The summed E-state index contributed by atoms with van der Waals surface area (Å²) in [6, 6.07) is 5.01. The molecule has 1 heterocycles. The second-order valence-electron chi connectivity index (χ2n) is 6.47. The number of fused-ring (bicyclic) bond motifs is 1. The van der Waals surface area contributed by atoms with Crippen LogP contribution >= 0.6 is 0 Å². The molecule has 2 atom stereocenters. The lowest BCUT2D eigenvalue weighted by Gasteiger charge is -2.30. The number of aromatic amines is 1. The van der Waals surface area contributed by atoms with Crippen molar-refractivity contribution in [3.05, 3.63) is 46.0 Å². The average molecular weight is 318 g/mol. The molecule has 2 aromatic rings. The summed E-state index contributed by atoms with van der Waals surface area (Å²) in [4.78, 5) is 26.9. The zero-order valence-corrected chi connectivity index (χ0v) is 12.9. The summed E-state index contributed by atoms with van der Waals surface area (Å²) in [5.74, 6) is -0.853. The maximum atomic E-state index is 13.3. The van der Waals surface area contributed by atoms with Gasteiger partial charge in [0.05, 0.1) is 17.7 Å². The molecule has 1 amide bonds. The van der Waals surface area contributed by atoms with E-state index in [1.807, 2.05) is 6.92 Å². The fourth-order valence-electron chi connectivity index (χ4n) is 3.32. The smallest absolute Gasteiger partial charge is 0.252 e. The van der Waals surface area contributed by atoms with Crippen LogP contribution in [0.15, 0.2) is 29.1 Å². The SMILES string of the molecule is CC1(CO)CCCC1NC(=O)c1cc(=O)[nH]c2cc(F)ccc12. The zero-order valence-electron chi connectivity index (χ0n) is 12.9. The summed E-state index contributed by atoms with van der Waals surface area (Å²) in [6.07, 6.45) is 2.57. The van der Waals surface area contributed by atoms with Crippen LogP contribution in [0.4, 0.5) is 4.39 Å². The number of rotatable bonds is 3. The number of amides is 1. The molecule has 0 aliphatic heterocycles. The first-order valence-electron chi connectivity index (χ1n) is 7.67.